The lowest BCUT2D eigenvalue weighted by atomic mass is 10.1. The maximum Gasteiger partial charge on any atom is 0.397 e. The molecule has 0 aliphatic rings. The van der Waals surface area contributed by atoms with Gasteiger partial charge in [0.1, 0.15) is 31.7 Å². The van der Waals surface area contributed by atoms with Crippen molar-refractivity contribution >= 4 is 129 Å². The number of nitrogens with one attached hydrogen (secondary N) is 3. The quantitative estimate of drug-likeness (QED) is 0.0230. The van der Waals surface area contributed by atoms with Crippen LogP contribution >= 0.6 is 0 Å². The van der Waals surface area contributed by atoms with E-state index >= 15 is 0 Å². The first-order chi connectivity index (χ1) is 34.4. The molecule has 35 heteroatoms. The van der Waals surface area contributed by atoms with E-state index in [0.717, 1.165) is 48.0 Å². The Bertz CT molecular complexity index is 3980. The summed E-state index contributed by atoms with van der Waals surface area (Å²) in [6.07, 6.45) is 0.560. The molecule has 74 heavy (non-hydrogen) atoms. The molecule has 1 aromatic heterocycles. The van der Waals surface area contributed by atoms with Crippen LogP contribution in [0.5, 0.6) is 5.75 Å². The van der Waals surface area contributed by atoms with Gasteiger partial charge in [0.2, 0.25) is 17.8 Å². The molecule has 5 aromatic carbocycles. The van der Waals surface area contributed by atoms with Crippen LogP contribution in [0.25, 0.3) is 10.8 Å². The number of fused-ring (bicyclic) bond motifs is 1. The SMILES string of the molecule is C=CS(=O)(=O)c1ccc(N=Nc2c(S(=O)(=O)O)cc3cc(S(=O)(=O)O)c(N=Nc4cc(Nc5nc(NCCS(=O)(=O)CCOS(=O)(=O)O)nc(Nc6ccccc6CC)n5)ccc4S(=O)(=O)O)c(O)c3c2N)cc1. The van der Waals surface area contributed by atoms with Gasteiger partial charge in [-0.05, 0) is 78.0 Å². The fourth-order valence-corrected chi connectivity index (χ4v) is 10.5. The summed E-state index contributed by atoms with van der Waals surface area (Å²) in [5.41, 5.74) is 3.88. The molecule has 6 rings (SSSR count). The predicted molar refractivity (Wildman–Crippen MR) is 265 cm³/mol. The summed E-state index contributed by atoms with van der Waals surface area (Å²) in [5, 5.41) is 34.6. The fraction of sp³-hybridized carbons (Fsp3) is 0.154. The molecule has 0 fully saturated rings. The Morgan fingerprint density at radius 1 is 0.676 bits per heavy atom. The minimum Gasteiger partial charge on any atom is -0.505 e. The smallest absolute Gasteiger partial charge is 0.397 e. The number of phenolic OH excluding ortho intramolecular Hbond substituents is 1. The van der Waals surface area contributed by atoms with Crippen LogP contribution in [-0.4, -0.2) is 113 Å². The third-order valence-electron chi connectivity index (χ3n) is 9.87. The molecule has 0 saturated carbocycles. The summed E-state index contributed by atoms with van der Waals surface area (Å²) in [4.78, 5) is 9.30. The van der Waals surface area contributed by atoms with Crippen LogP contribution in [0.1, 0.15) is 12.5 Å². The second-order valence-electron chi connectivity index (χ2n) is 14.9. The predicted octanol–water partition coefficient (Wildman–Crippen LogP) is 5.50. The highest BCUT2D eigenvalue weighted by atomic mass is 32.3. The van der Waals surface area contributed by atoms with Crippen LogP contribution in [0.4, 0.5) is 57.7 Å². The molecule has 10 N–H and O–H groups in total. The number of azo groups is 2. The average Bonchev–Trinajstić information content (AvgIpc) is 3.29. The van der Waals surface area contributed by atoms with E-state index in [0.29, 0.717) is 29.6 Å². The Hall–Kier alpha value is -7.19. The van der Waals surface area contributed by atoms with Gasteiger partial charge in [0, 0.05) is 23.3 Å². The minimum absolute atomic E-state index is 0.0852. The number of para-hydroxylation sites is 1. The van der Waals surface area contributed by atoms with Crippen molar-refractivity contribution in [1.29, 1.82) is 0 Å². The third kappa shape index (κ3) is 14.1. The highest BCUT2D eigenvalue weighted by Gasteiger charge is 2.29. The topological polar surface area (TPSA) is 465 Å². The number of nitrogen functional groups attached to an aromatic ring is 1. The summed E-state index contributed by atoms with van der Waals surface area (Å²) in [6, 6.07) is 15.5. The summed E-state index contributed by atoms with van der Waals surface area (Å²) < 4.78 is 190. The number of nitrogens with zero attached hydrogens (tertiary/aromatic N) is 7. The number of aromatic nitrogens is 3. The lowest BCUT2D eigenvalue weighted by molar-refractivity contribution is 0.284. The number of aryl methyl sites for hydroxylation is 1. The van der Waals surface area contributed by atoms with Gasteiger partial charge in [-0.1, -0.05) is 31.7 Å². The molecule has 0 aliphatic carbocycles. The number of rotatable bonds is 22. The monoisotopic (exact) mass is 1140 g/mol. The van der Waals surface area contributed by atoms with Crippen molar-refractivity contribution in [2.45, 2.75) is 32.9 Å². The van der Waals surface area contributed by atoms with E-state index in [1.807, 2.05) is 13.0 Å². The summed E-state index contributed by atoms with van der Waals surface area (Å²) in [7, 11) is -28.7. The molecule has 0 aliphatic heterocycles. The maximum absolute atomic E-state index is 12.8. The lowest BCUT2D eigenvalue weighted by Crippen LogP contribution is -2.22. The molecule has 0 atom stereocenters. The Morgan fingerprint density at radius 2 is 1.26 bits per heavy atom. The molecule has 1 heterocycles. The van der Waals surface area contributed by atoms with Gasteiger partial charge in [-0.15, -0.1) is 15.3 Å². The largest absolute Gasteiger partial charge is 0.505 e. The zero-order valence-electron chi connectivity index (χ0n) is 37.5. The van der Waals surface area contributed by atoms with Gasteiger partial charge in [0.05, 0.1) is 39.8 Å². The van der Waals surface area contributed by atoms with Gasteiger partial charge in [-0.25, -0.2) is 21.0 Å². The number of anilines is 6. The standard InChI is InChI=1S/C39H39N11O18S6/c1-3-22-7-5-6-8-27(22)43-39-45-37(41-15-17-69(52,53)18-16-68-74(65,66)67)44-38(46-39)42-25-11-14-29(71(56,57)58)28(21-25)48-50-35-31(73(62,63)64)20-23-19-30(72(59,60)61)34(33(40)32(23)36(35)51)49-47-24-9-12-26(13-10-24)70(54,55)4-2/h4-14,19-21,51H,2-3,15-18,40H2,1H3,(H,56,57,58)(H,59,60,61)(H,62,63,64)(H,65,66,67)(H3,41,42,43,44,45,46). The summed E-state index contributed by atoms with van der Waals surface area (Å²) in [5.74, 6) is -3.32. The van der Waals surface area contributed by atoms with Gasteiger partial charge in [-0.2, -0.15) is 53.7 Å². The Kier molecular flexibility index (Phi) is 16.5. The van der Waals surface area contributed by atoms with Crippen molar-refractivity contribution in [2.75, 3.05) is 46.3 Å². The van der Waals surface area contributed by atoms with Crippen molar-refractivity contribution in [3.05, 3.63) is 96.4 Å². The Balaban J connectivity index is 1.42. The normalized spacial score (nSPS) is 12.9. The van der Waals surface area contributed by atoms with Crippen LogP contribution in [0.2, 0.25) is 0 Å². The first-order valence-electron chi connectivity index (χ1n) is 20.3. The van der Waals surface area contributed by atoms with E-state index in [1.165, 1.54) is 0 Å². The fourth-order valence-electron chi connectivity index (χ4n) is 6.46. The van der Waals surface area contributed by atoms with Crippen LogP contribution in [0.15, 0.2) is 131 Å². The van der Waals surface area contributed by atoms with Crippen LogP contribution in [-0.2, 0) is 71.0 Å². The molecule has 0 unspecified atom stereocenters. The molecule has 0 amide bonds. The number of benzene rings is 5. The molecule has 0 saturated heterocycles. The number of sulfone groups is 2. The molecular formula is C39H39N11O18S6. The molecule has 0 spiro atoms. The zero-order valence-corrected chi connectivity index (χ0v) is 42.4. The first kappa shape index (κ1) is 56.1. The Labute approximate surface area is 421 Å². The maximum atomic E-state index is 12.8. The van der Waals surface area contributed by atoms with Crippen molar-refractivity contribution in [3.8, 4) is 5.75 Å². The molecule has 29 nitrogen and oxygen atoms in total. The first-order valence-corrected chi connectivity index (χ1v) is 29.4. The molecule has 6 aromatic rings. The van der Waals surface area contributed by atoms with E-state index in [-0.39, 0.29) is 40.7 Å². The average molecular weight is 1140 g/mol. The van der Waals surface area contributed by atoms with E-state index in [9.17, 15) is 69.3 Å². The van der Waals surface area contributed by atoms with Crippen LogP contribution in [0.3, 0.4) is 0 Å². The van der Waals surface area contributed by atoms with Gasteiger partial charge in [-0.3, -0.25) is 18.2 Å². The molecule has 0 radical (unpaired) electrons. The van der Waals surface area contributed by atoms with Crippen LogP contribution < -0.4 is 21.7 Å². The van der Waals surface area contributed by atoms with Crippen LogP contribution in [0, 0.1) is 0 Å². The highest BCUT2D eigenvalue weighted by Crippen LogP contribution is 2.48. The van der Waals surface area contributed by atoms with E-state index < -0.39 is 132 Å². The number of hydrogen-bond donors (Lipinski definition) is 9. The summed E-state index contributed by atoms with van der Waals surface area (Å²) >= 11 is 0. The van der Waals surface area contributed by atoms with Gasteiger partial charge < -0.3 is 26.8 Å². The van der Waals surface area contributed by atoms with Gasteiger partial charge in [0.25, 0.3) is 30.4 Å². The van der Waals surface area contributed by atoms with Crippen molar-refractivity contribution < 1.29 is 78.0 Å². The molecular weight excluding hydrogens is 1100 g/mol. The number of aromatic hydroxyl groups is 1. The zero-order chi connectivity index (χ0) is 54.6. The van der Waals surface area contributed by atoms with E-state index in [2.05, 4.69) is 62.1 Å². The second kappa shape index (κ2) is 21.7. The highest BCUT2D eigenvalue weighted by molar-refractivity contribution is 7.94. The molecule has 0 bridgehead atoms. The van der Waals surface area contributed by atoms with Gasteiger partial charge in [0.15, 0.2) is 25.4 Å². The number of hydrogen-bond acceptors (Lipinski definition) is 25. The van der Waals surface area contributed by atoms with Gasteiger partial charge >= 0.3 is 10.4 Å². The number of phenols is 1. The number of nitrogens with two attached hydrogens (primary N) is 1. The van der Waals surface area contributed by atoms with Crippen molar-refractivity contribution in [3.63, 3.8) is 0 Å². The second-order valence-corrected chi connectivity index (χ2v) is 24.4. The van der Waals surface area contributed by atoms with E-state index in [1.54, 1.807) is 18.2 Å². The molecule has 394 valence electrons. The minimum atomic E-state index is -5.47. The third-order valence-corrected chi connectivity index (χ3v) is 16.0. The summed E-state index contributed by atoms with van der Waals surface area (Å²) in [6.45, 7) is 3.87. The van der Waals surface area contributed by atoms with Crippen molar-refractivity contribution in [2.24, 2.45) is 20.5 Å². The lowest BCUT2D eigenvalue weighted by Gasteiger charge is -2.14. The van der Waals surface area contributed by atoms with Crippen molar-refractivity contribution in [1.82, 2.24) is 15.0 Å². The van der Waals surface area contributed by atoms with E-state index in [4.69, 9.17) is 10.3 Å². The Morgan fingerprint density at radius 3 is 1.85 bits per heavy atom.